The van der Waals surface area contributed by atoms with Crippen molar-refractivity contribution in [2.24, 2.45) is 28.6 Å². The highest BCUT2D eigenvalue weighted by atomic mass is 28.4. The van der Waals surface area contributed by atoms with Crippen molar-refractivity contribution < 1.29 is 18.4 Å². The highest BCUT2D eigenvalue weighted by Gasteiger charge is 2.53. The quantitative estimate of drug-likeness (QED) is 0.158. The second-order valence-corrected chi connectivity index (χ2v) is 37.2. The lowest BCUT2D eigenvalue weighted by Gasteiger charge is -2.45. The molecule has 3 unspecified atom stereocenters. The minimum atomic E-state index is -2.01. The fourth-order valence-corrected chi connectivity index (χ4v) is 12.9. The molecule has 0 aromatic rings. The zero-order chi connectivity index (χ0) is 40.2. The SMILES string of the molecule is C=C1C(=CC=C2CCC[C@]3(C)[C@@H]([C@H](C)C=CC(O[Si](C)(C)C(C)(C)C)C4(CO)CC4)CC[C@@H]23)CC(O[Si](C)(C)C(C)(C)C)CC1O[Si](C)(C)C(C)(C)C. The Labute approximate surface area is 331 Å². The van der Waals surface area contributed by atoms with Crippen molar-refractivity contribution in [3.05, 3.63) is 47.6 Å². The zero-order valence-corrected chi connectivity index (χ0v) is 40.7. The van der Waals surface area contributed by atoms with E-state index in [0.29, 0.717) is 23.2 Å². The first-order valence-corrected chi connectivity index (χ1v) is 30.1. The van der Waals surface area contributed by atoms with Gasteiger partial charge in [0.2, 0.25) is 0 Å². The van der Waals surface area contributed by atoms with Crippen LogP contribution >= 0.6 is 0 Å². The van der Waals surface area contributed by atoms with Crippen molar-refractivity contribution in [1.29, 1.82) is 0 Å². The Hall–Kier alpha value is -0.549. The second kappa shape index (κ2) is 15.7. The molecule has 4 nitrogen and oxygen atoms in total. The summed E-state index contributed by atoms with van der Waals surface area (Å²) in [5.41, 5.74) is 4.36. The molecule has 7 atom stereocenters. The van der Waals surface area contributed by atoms with E-state index in [1.54, 1.807) is 5.57 Å². The van der Waals surface area contributed by atoms with Gasteiger partial charge in [0.25, 0.3) is 0 Å². The lowest BCUT2D eigenvalue weighted by molar-refractivity contribution is 0.0883. The summed E-state index contributed by atoms with van der Waals surface area (Å²) < 4.78 is 21.3. The predicted molar refractivity (Wildman–Crippen MR) is 236 cm³/mol. The lowest BCUT2D eigenvalue weighted by Crippen LogP contribution is -2.49. The van der Waals surface area contributed by atoms with E-state index in [1.807, 2.05) is 0 Å². The molecular weight excluding hydrogens is 701 g/mol. The molecule has 53 heavy (non-hydrogen) atoms. The fourth-order valence-electron chi connectivity index (χ4n) is 8.87. The standard InChI is InChI=1S/C46H84O4Si3/c1-33(21-26-41(46(32-47)28-29-46)50-53(17,18)44(9,10)11)38-24-25-39-35(20-19-27-45(38,39)12)22-23-36-30-37(48-51(13,14)42(3,4)5)31-40(34(36)2)49-52(15,16)43(6,7)8/h21-23,26,33,37-41,47H,2,19-20,24-25,27-32H2,1,3-18H3/t33-,37?,38-,39+,40?,41?,45-/m1/s1. The van der Waals surface area contributed by atoms with Crippen LogP contribution in [0.15, 0.2) is 47.6 Å². The van der Waals surface area contributed by atoms with Gasteiger partial charge in [-0.15, -0.1) is 0 Å². The summed E-state index contributed by atoms with van der Waals surface area (Å²) >= 11 is 0. The van der Waals surface area contributed by atoms with Crippen LogP contribution in [0.25, 0.3) is 0 Å². The topological polar surface area (TPSA) is 47.9 Å². The van der Waals surface area contributed by atoms with Crippen LogP contribution in [-0.4, -0.2) is 55.0 Å². The van der Waals surface area contributed by atoms with Gasteiger partial charge in [0, 0.05) is 11.8 Å². The van der Waals surface area contributed by atoms with Crippen LogP contribution in [0.1, 0.15) is 134 Å². The average Bonchev–Trinajstić information content (AvgIpc) is 3.72. The highest BCUT2D eigenvalue weighted by Crippen LogP contribution is 2.60. The third-order valence-electron chi connectivity index (χ3n) is 16.0. The molecular formula is C46H84O4Si3. The Morgan fingerprint density at radius 3 is 1.91 bits per heavy atom. The van der Waals surface area contributed by atoms with Crippen LogP contribution in [0.3, 0.4) is 0 Å². The van der Waals surface area contributed by atoms with Gasteiger partial charge in [0.15, 0.2) is 25.0 Å². The number of aliphatic hydroxyl groups excluding tert-OH is 1. The molecule has 0 bridgehead atoms. The van der Waals surface area contributed by atoms with Crippen molar-refractivity contribution in [3.8, 4) is 0 Å². The molecule has 1 N–H and O–H groups in total. The van der Waals surface area contributed by atoms with E-state index in [9.17, 15) is 5.11 Å². The van der Waals surface area contributed by atoms with Gasteiger partial charge in [0.05, 0.1) is 24.9 Å². The monoisotopic (exact) mass is 785 g/mol. The van der Waals surface area contributed by atoms with Crippen LogP contribution in [-0.2, 0) is 13.3 Å². The third-order valence-corrected chi connectivity index (χ3v) is 29.5. The van der Waals surface area contributed by atoms with Gasteiger partial charge < -0.3 is 18.4 Å². The maximum absolute atomic E-state index is 10.5. The summed E-state index contributed by atoms with van der Waals surface area (Å²) in [6.07, 6.45) is 20.3. The summed E-state index contributed by atoms with van der Waals surface area (Å²) in [6, 6.07) is 0. The molecule has 0 aromatic carbocycles. The number of rotatable bonds is 12. The van der Waals surface area contributed by atoms with Crippen molar-refractivity contribution in [2.75, 3.05) is 6.61 Å². The zero-order valence-electron chi connectivity index (χ0n) is 37.7. The molecule has 4 rings (SSSR count). The number of aliphatic hydroxyl groups is 1. The Morgan fingerprint density at radius 2 is 1.38 bits per heavy atom. The second-order valence-electron chi connectivity index (χ2n) is 22.9. The molecule has 304 valence electrons. The minimum absolute atomic E-state index is 0.00627. The minimum Gasteiger partial charge on any atom is -0.413 e. The van der Waals surface area contributed by atoms with Gasteiger partial charge in [-0.1, -0.05) is 113 Å². The van der Waals surface area contributed by atoms with Crippen LogP contribution in [0.4, 0.5) is 0 Å². The first kappa shape index (κ1) is 45.2. The molecule has 0 radical (unpaired) electrons. The van der Waals surface area contributed by atoms with E-state index in [-0.39, 0.29) is 45.4 Å². The molecule has 4 saturated carbocycles. The van der Waals surface area contributed by atoms with Crippen LogP contribution in [0, 0.1) is 28.6 Å². The van der Waals surface area contributed by atoms with Gasteiger partial charge >= 0.3 is 0 Å². The van der Waals surface area contributed by atoms with Crippen LogP contribution in [0.2, 0.25) is 54.4 Å². The molecule has 0 amide bonds. The van der Waals surface area contributed by atoms with Crippen LogP contribution < -0.4 is 0 Å². The maximum atomic E-state index is 10.5. The van der Waals surface area contributed by atoms with Crippen molar-refractivity contribution in [3.63, 3.8) is 0 Å². The molecule has 0 aliphatic heterocycles. The van der Waals surface area contributed by atoms with Crippen molar-refractivity contribution in [1.82, 2.24) is 0 Å². The molecule has 4 fully saturated rings. The van der Waals surface area contributed by atoms with Gasteiger partial charge in [-0.2, -0.15) is 0 Å². The third kappa shape index (κ3) is 9.78. The predicted octanol–water partition coefficient (Wildman–Crippen LogP) is 13.5. The van der Waals surface area contributed by atoms with Gasteiger partial charge in [-0.25, -0.2) is 0 Å². The number of fused-ring (bicyclic) bond motifs is 1. The smallest absolute Gasteiger partial charge is 0.192 e. The van der Waals surface area contributed by atoms with Crippen molar-refractivity contribution in [2.45, 2.75) is 207 Å². The van der Waals surface area contributed by atoms with E-state index in [0.717, 1.165) is 25.7 Å². The fraction of sp³-hybridized carbons (Fsp3) is 0.826. The molecule has 4 aliphatic carbocycles. The van der Waals surface area contributed by atoms with Crippen molar-refractivity contribution >= 4 is 25.0 Å². The summed E-state index contributed by atoms with van der Waals surface area (Å²) in [5, 5.41) is 10.9. The normalized spacial score (nSPS) is 31.7. The van der Waals surface area contributed by atoms with E-state index < -0.39 is 25.0 Å². The molecule has 4 aliphatic rings. The Balaban J connectivity index is 1.58. The molecule has 0 heterocycles. The Bertz CT molecular complexity index is 1400. The first-order chi connectivity index (χ1) is 24.0. The summed E-state index contributed by atoms with van der Waals surface area (Å²) in [4.78, 5) is 0. The number of allylic oxidation sites excluding steroid dienone is 4. The molecule has 7 heteroatoms. The lowest BCUT2D eigenvalue weighted by atomic mass is 9.61. The Morgan fingerprint density at radius 1 is 0.811 bits per heavy atom. The summed E-state index contributed by atoms with van der Waals surface area (Å²) in [6.45, 7) is 45.2. The van der Waals surface area contributed by atoms with Gasteiger partial charge in [-0.05, 0) is 140 Å². The van der Waals surface area contributed by atoms with E-state index in [1.165, 1.54) is 43.3 Å². The van der Waals surface area contributed by atoms with Crippen LogP contribution in [0.5, 0.6) is 0 Å². The number of hydrogen-bond acceptors (Lipinski definition) is 4. The molecule has 0 aromatic heterocycles. The van der Waals surface area contributed by atoms with Gasteiger partial charge in [0.1, 0.15) is 0 Å². The number of hydrogen-bond donors (Lipinski definition) is 1. The maximum Gasteiger partial charge on any atom is 0.192 e. The van der Waals surface area contributed by atoms with Gasteiger partial charge in [-0.3, -0.25) is 0 Å². The largest absolute Gasteiger partial charge is 0.413 e. The average molecular weight is 785 g/mol. The van der Waals surface area contributed by atoms with E-state index in [2.05, 4.69) is 140 Å². The van der Waals surface area contributed by atoms with E-state index in [4.69, 9.17) is 19.9 Å². The van der Waals surface area contributed by atoms with E-state index >= 15 is 0 Å². The molecule has 0 saturated heterocycles. The summed E-state index contributed by atoms with van der Waals surface area (Å²) in [7, 11) is -5.94. The first-order valence-electron chi connectivity index (χ1n) is 21.4. The highest BCUT2D eigenvalue weighted by molar-refractivity contribution is 6.75. The summed E-state index contributed by atoms with van der Waals surface area (Å²) in [5.74, 6) is 1.74. The molecule has 0 spiro atoms. The Kier molecular flexibility index (Phi) is 13.3.